The first-order valence-corrected chi connectivity index (χ1v) is 17.7. The zero-order valence-electron chi connectivity index (χ0n) is 28.4. The van der Waals surface area contributed by atoms with E-state index in [1.807, 2.05) is 12.4 Å². The minimum Gasteiger partial charge on any atom is -0.377 e. The molecule has 10 rings (SSSR count). The second-order valence-electron chi connectivity index (χ2n) is 13.7. The van der Waals surface area contributed by atoms with Crippen LogP contribution in [0.5, 0.6) is 0 Å². The van der Waals surface area contributed by atoms with Crippen LogP contribution in [-0.4, -0.2) is 30.3 Å². The largest absolute Gasteiger partial charge is 0.377 e. The van der Waals surface area contributed by atoms with Crippen LogP contribution in [0.4, 0.5) is 11.4 Å². The number of hydrogen-bond acceptors (Lipinski definition) is 3. The average Bonchev–Trinajstić information content (AvgIpc) is 3.21. The molecule has 0 atom stereocenters. The summed E-state index contributed by atoms with van der Waals surface area (Å²) in [5.41, 5.74) is 20.1. The van der Waals surface area contributed by atoms with Gasteiger partial charge in [0.1, 0.15) is 0 Å². The van der Waals surface area contributed by atoms with E-state index >= 15 is 0 Å². The predicted octanol–water partition coefficient (Wildman–Crippen LogP) is 9.83. The quantitative estimate of drug-likeness (QED) is 0.177. The van der Waals surface area contributed by atoms with Crippen LogP contribution in [0.3, 0.4) is 0 Å². The Morgan fingerprint density at radius 2 is 0.961 bits per heavy atom. The van der Waals surface area contributed by atoms with Crippen molar-refractivity contribution in [2.45, 2.75) is 0 Å². The van der Waals surface area contributed by atoms with Crippen LogP contribution in [0, 0.1) is 0 Å². The van der Waals surface area contributed by atoms with Gasteiger partial charge in [-0.05, 0) is 115 Å². The molecule has 0 spiro atoms. The maximum Gasteiger partial charge on any atom is 0.329 e. The van der Waals surface area contributed by atoms with E-state index in [4.69, 9.17) is 0 Å². The number of benzene rings is 6. The lowest BCUT2D eigenvalue weighted by Gasteiger charge is -2.43. The van der Waals surface area contributed by atoms with E-state index in [0.717, 1.165) is 6.54 Å². The third kappa shape index (κ3) is 4.94. The van der Waals surface area contributed by atoms with E-state index in [1.165, 1.54) is 89.1 Å². The Morgan fingerprint density at radius 3 is 1.49 bits per heavy atom. The van der Waals surface area contributed by atoms with Crippen molar-refractivity contribution in [2.75, 3.05) is 18.4 Å². The summed E-state index contributed by atoms with van der Waals surface area (Å²) in [6.07, 6.45) is 10.3. The second kappa shape index (κ2) is 11.9. The Morgan fingerprint density at radius 1 is 0.490 bits per heavy atom. The smallest absolute Gasteiger partial charge is 0.329 e. The minimum absolute atomic E-state index is 0.0869. The van der Waals surface area contributed by atoms with Gasteiger partial charge in [0.25, 0.3) is 0 Å². The number of rotatable bonds is 4. The summed E-state index contributed by atoms with van der Waals surface area (Å²) in [6.45, 7) is 1.02. The number of anilines is 2. The van der Waals surface area contributed by atoms with Gasteiger partial charge in [0.05, 0.1) is 0 Å². The van der Waals surface area contributed by atoms with Crippen molar-refractivity contribution in [2.24, 2.45) is 0 Å². The highest BCUT2D eigenvalue weighted by Gasteiger charge is 2.42. The third-order valence-electron chi connectivity index (χ3n) is 10.8. The molecule has 0 amide bonds. The molecule has 6 aromatic carbocycles. The molecule has 3 aliphatic rings. The molecule has 0 bridgehead atoms. The first-order chi connectivity index (χ1) is 25.2. The molecule has 3 aliphatic heterocycles. The molecular formula is C47H34BN3. The molecule has 0 saturated heterocycles. The summed E-state index contributed by atoms with van der Waals surface area (Å²) in [5.74, 6) is 0. The number of hydrogen-bond donors (Lipinski definition) is 0. The van der Waals surface area contributed by atoms with Crippen molar-refractivity contribution in [1.29, 1.82) is 0 Å². The Labute approximate surface area is 299 Å². The van der Waals surface area contributed by atoms with E-state index in [9.17, 15) is 0 Å². The highest BCUT2D eigenvalue weighted by molar-refractivity contribution is 6.92. The van der Waals surface area contributed by atoms with Crippen LogP contribution < -0.4 is 15.7 Å². The lowest BCUT2D eigenvalue weighted by Crippen LogP contribution is -2.59. The third-order valence-corrected chi connectivity index (χ3v) is 10.8. The number of likely N-dealkylation sites (N-methyl/N-ethyl adjacent to an activating group) is 1. The number of aromatic nitrogens is 1. The summed E-state index contributed by atoms with van der Waals surface area (Å²) in [4.78, 5) is 8.95. The summed E-state index contributed by atoms with van der Waals surface area (Å²) in [5, 5.41) is 0. The Kier molecular flexibility index (Phi) is 6.88. The fourth-order valence-electron chi connectivity index (χ4n) is 8.15. The van der Waals surface area contributed by atoms with Gasteiger partial charge in [-0.15, -0.1) is 0 Å². The number of allylic oxidation sites excluding steroid dienone is 2. The zero-order chi connectivity index (χ0) is 33.9. The Balaban J connectivity index is 1.07. The van der Waals surface area contributed by atoms with Gasteiger partial charge in [0.15, 0.2) is 0 Å². The van der Waals surface area contributed by atoms with E-state index in [-0.39, 0.29) is 6.85 Å². The highest BCUT2D eigenvalue weighted by Crippen LogP contribution is 2.47. The molecule has 4 heteroatoms. The van der Waals surface area contributed by atoms with Gasteiger partial charge in [-0.3, -0.25) is 4.98 Å². The number of pyridine rings is 1. The van der Waals surface area contributed by atoms with Crippen LogP contribution >= 0.6 is 0 Å². The van der Waals surface area contributed by atoms with Crippen molar-refractivity contribution >= 4 is 34.7 Å². The van der Waals surface area contributed by atoms with Gasteiger partial charge in [0.2, 0.25) is 0 Å². The number of fused-ring (bicyclic) bond motifs is 11. The topological polar surface area (TPSA) is 19.4 Å². The monoisotopic (exact) mass is 651 g/mol. The highest BCUT2D eigenvalue weighted by atomic mass is 15.1. The van der Waals surface area contributed by atoms with Crippen LogP contribution in [-0.2, 0) is 0 Å². The fourth-order valence-corrected chi connectivity index (χ4v) is 8.15. The predicted molar refractivity (Wildman–Crippen MR) is 215 cm³/mol. The summed E-state index contributed by atoms with van der Waals surface area (Å²) in [6, 6.07) is 54.0. The van der Waals surface area contributed by atoms with Crippen molar-refractivity contribution < 1.29 is 0 Å². The van der Waals surface area contributed by atoms with Crippen LogP contribution in [0.25, 0.3) is 61.2 Å². The van der Waals surface area contributed by atoms with E-state index in [0.29, 0.717) is 0 Å². The van der Waals surface area contributed by atoms with E-state index in [2.05, 4.69) is 186 Å². The molecule has 0 aliphatic carbocycles. The molecule has 0 unspecified atom stereocenters. The minimum atomic E-state index is 0.0869. The molecule has 3 nitrogen and oxygen atoms in total. The van der Waals surface area contributed by atoms with E-state index in [1.54, 1.807) is 0 Å². The Bertz CT molecular complexity index is 2520. The number of nitrogens with zero attached hydrogens (tertiary/aromatic N) is 3. The molecule has 4 heterocycles. The van der Waals surface area contributed by atoms with Gasteiger partial charge in [-0.1, -0.05) is 115 Å². The van der Waals surface area contributed by atoms with E-state index < -0.39 is 0 Å². The van der Waals surface area contributed by atoms with Gasteiger partial charge < -0.3 is 9.71 Å². The first-order valence-electron chi connectivity index (χ1n) is 17.7. The summed E-state index contributed by atoms with van der Waals surface area (Å²) < 4.78 is 0. The molecule has 240 valence electrons. The van der Waals surface area contributed by atoms with Gasteiger partial charge in [-0.25, -0.2) is 0 Å². The second-order valence-corrected chi connectivity index (χ2v) is 13.7. The van der Waals surface area contributed by atoms with Crippen molar-refractivity contribution in [1.82, 2.24) is 9.88 Å². The average molecular weight is 652 g/mol. The van der Waals surface area contributed by atoms with Crippen LogP contribution in [0.1, 0.15) is 5.56 Å². The summed E-state index contributed by atoms with van der Waals surface area (Å²) >= 11 is 0. The molecule has 0 N–H and O–H groups in total. The van der Waals surface area contributed by atoms with Crippen molar-refractivity contribution in [3.05, 3.63) is 182 Å². The molecule has 51 heavy (non-hydrogen) atoms. The van der Waals surface area contributed by atoms with Gasteiger partial charge in [-0.2, -0.15) is 0 Å². The maximum absolute atomic E-state index is 4.18. The first kappa shape index (κ1) is 29.5. The molecule has 0 saturated carbocycles. The molecule has 0 radical (unpaired) electrons. The van der Waals surface area contributed by atoms with Crippen LogP contribution in [0.15, 0.2) is 176 Å². The lowest BCUT2D eigenvalue weighted by molar-refractivity contribution is 0.506. The lowest BCUT2D eigenvalue weighted by atomic mass is 9.43. The maximum atomic E-state index is 4.18. The normalized spacial score (nSPS) is 13.8. The molecule has 7 aromatic rings. The zero-order valence-corrected chi connectivity index (χ0v) is 28.4. The fraction of sp³-hybridized carbons (Fsp3) is 0.0426. The van der Waals surface area contributed by atoms with Crippen molar-refractivity contribution in [3.63, 3.8) is 0 Å². The van der Waals surface area contributed by atoms with Crippen molar-refractivity contribution in [3.8, 4) is 55.6 Å². The van der Waals surface area contributed by atoms with Crippen LogP contribution in [0.2, 0.25) is 0 Å². The van der Waals surface area contributed by atoms with Gasteiger partial charge in [0, 0.05) is 48.5 Å². The molecular weight excluding hydrogens is 617 g/mol. The molecule has 0 fully saturated rings. The van der Waals surface area contributed by atoms with Gasteiger partial charge >= 0.3 is 6.85 Å². The standard InChI is InChI=1S/C47H34BN3/c1-50-28-24-37(25-29-50)33-12-16-35(17-13-33)39-19-21-47-43(31-39)41-7-3-5-9-45(41)48-44-8-4-2-6-40(44)42-30-38(18-20-46(42)51(47)48)34-14-10-32(11-15-34)36-22-26-49-27-23-36/h2-28,30-31H,29H2,1H3. The SMILES string of the molecule is CN1C=CC(c2ccc(-c3ccc4c(c3)-c3ccccc3B3c5ccccc5-c5cc(-c6ccc(-c7ccncc7)cc6)ccc5N34)cc2)=CC1. The summed E-state index contributed by atoms with van der Waals surface area (Å²) in [7, 11) is 2.10. The molecule has 1 aromatic heterocycles. The Hall–Kier alpha value is -6.39.